The minimum absolute atomic E-state index is 0.0267. The maximum Gasteiger partial charge on any atom is 0.225 e. The zero-order valence-electron chi connectivity index (χ0n) is 15.4. The first kappa shape index (κ1) is 18.9. The number of hydrogen-bond acceptors (Lipinski definition) is 5. The Morgan fingerprint density at radius 1 is 1.16 bits per heavy atom. The number of benzene rings is 1. The average Bonchev–Trinajstić information content (AvgIpc) is 3.00. The van der Waals surface area contributed by atoms with E-state index < -0.39 is 0 Å². The molecule has 138 valence electrons. The molecule has 1 aromatic carbocycles. The normalized spacial score (nSPS) is 17.0. The number of methoxy groups -OCH3 is 3. The van der Waals surface area contributed by atoms with E-state index in [4.69, 9.17) is 14.2 Å². The quantitative estimate of drug-likeness (QED) is 0.808. The first-order chi connectivity index (χ1) is 11.9. The first-order valence-electron chi connectivity index (χ1n) is 8.27. The Kier molecular flexibility index (Phi) is 6.12. The Labute approximate surface area is 148 Å². The average molecular weight is 350 g/mol. The highest BCUT2D eigenvalue weighted by Crippen LogP contribution is 2.34. The van der Waals surface area contributed by atoms with Gasteiger partial charge in [0.05, 0.1) is 27.2 Å². The molecule has 2 amide bonds. The third-order valence-corrected chi connectivity index (χ3v) is 4.39. The van der Waals surface area contributed by atoms with Gasteiger partial charge in [0.15, 0.2) is 11.5 Å². The molecular formula is C18H26N2O5. The summed E-state index contributed by atoms with van der Waals surface area (Å²) in [5.41, 5.74) is 0.776. The Morgan fingerprint density at radius 2 is 1.76 bits per heavy atom. The van der Waals surface area contributed by atoms with Crippen molar-refractivity contribution in [3.8, 4) is 17.2 Å². The Morgan fingerprint density at radius 3 is 2.28 bits per heavy atom. The van der Waals surface area contributed by atoms with Crippen LogP contribution in [0.25, 0.3) is 0 Å². The summed E-state index contributed by atoms with van der Waals surface area (Å²) in [5, 5.41) is 2.89. The van der Waals surface area contributed by atoms with Gasteiger partial charge in [0.2, 0.25) is 11.8 Å². The molecule has 0 unspecified atom stereocenters. The summed E-state index contributed by atoms with van der Waals surface area (Å²) < 4.78 is 15.9. The molecule has 7 heteroatoms. The molecule has 1 aliphatic heterocycles. The summed E-state index contributed by atoms with van der Waals surface area (Å²) in [6.45, 7) is 4.65. The van der Waals surface area contributed by atoms with E-state index in [2.05, 4.69) is 5.32 Å². The van der Waals surface area contributed by atoms with Gasteiger partial charge in [-0.05, 0) is 19.9 Å². The van der Waals surface area contributed by atoms with Gasteiger partial charge < -0.3 is 24.4 Å². The van der Waals surface area contributed by atoms with Crippen LogP contribution >= 0.6 is 0 Å². The van der Waals surface area contributed by atoms with Gasteiger partial charge in [-0.25, -0.2) is 0 Å². The molecular weight excluding hydrogens is 324 g/mol. The summed E-state index contributed by atoms with van der Waals surface area (Å²) >= 11 is 0. The molecule has 25 heavy (non-hydrogen) atoms. The molecule has 0 bridgehead atoms. The van der Waals surface area contributed by atoms with Gasteiger partial charge in [0.25, 0.3) is 0 Å². The summed E-state index contributed by atoms with van der Waals surface area (Å²) in [4.78, 5) is 26.1. The minimum atomic E-state index is -0.318. The highest BCUT2D eigenvalue weighted by Gasteiger charge is 2.35. The van der Waals surface area contributed by atoms with Crippen LogP contribution < -0.4 is 19.5 Å². The molecule has 0 aliphatic carbocycles. The predicted molar refractivity (Wildman–Crippen MR) is 92.9 cm³/mol. The number of rotatable bonds is 7. The van der Waals surface area contributed by atoms with Gasteiger partial charge in [-0.2, -0.15) is 0 Å². The van der Waals surface area contributed by atoms with Crippen molar-refractivity contribution < 1.29 is 23.8 Å². The maximum atomic E-state index is 12.4. The van der Waals surface area contributed by atoms with E-state index in [1.165, 1.54) is 0 Å². The fraction of sp³-hybridized carbons (Fsp3) is 0.556. The van der Waals surface area contributed by atoms with E-state index >= 15 is 0 Å². The van der Waals surface area contributed by atoms with Crippen LogP contribution in [0.5, 0.6) is 17.2 Å². The monoisotopic (exact) mass is 350 g/mol. The number of nitrogens with one attached hydrogen (secondary N) is 1. The highest BCUT2D eigenvalue weighted by molar-refractivity contribution is 5.89. The number of carbonyl (C=O) groups is 2. The van der Waals surface area contributed by atoms with Gasteiger partial charge in [0.1, 0.15) is 5.75 Å². The van der Waals surface area contributed by atoms with Crippen molar-refractivity contribution in [1.29, 1.82) is 0 Å². The van der Waals surface area contributed by atoms with E-state index in [1.807, 2.05) is 13.8 Å². The second-order valence-electron chi connectivity index (χ2n) is 6.28. The summed E-state index contributed by atoms with van der Waals surface area (Å²) in [7, 11) is 4.66. The van der Waals surface area contributed by atoms with E-state index in [9.17, 15) is 9.59 Å². The van der Waals surface area contributed by atoms with Gasteiger partial charge >= 0.3 is 0 Å². The number of nitrogens with zero attached hydrogens (tertiary/aromatic N) is 1. The van der Waals surface area contributed by atoms with Crippen molar-refractivity contribution in [2.24, 2.45) is 5.92 Å². The van der Waals surface area contributed by atoms with Crippen molar-refractivity contribution in [2.45, 2.75) is 32.9 Å². The Hall–Kier alpha value is -2.44. The van der Waals surface area contributed by atoms with Crippen molar-refractivity contribution >= 4 is 11.8 Å². The lowest BCUT2D eigenvalue weighted by atomic mass is 10.1. The number of carbonyl (C=O) groups excluding carboxylic acids is 2. The summed E-state index contributed by atoms with van der Waals surface area (Å²) in [6, 6.07) is 3.61. The lowest BCUT2D eigenvalue weighted by Gasteiger charge is -2.20. The molecule has 1 saturated heterocycles. The number of likely N-dealkylation sites (tertiary alicyclic amines) is 1. The van der Waals surface area contributed by atoms with Gasteiger partial charge in [-0.3, -0.25) is 9.59 Å². The summed E-state index contributed by atoms with van der Waals surface area (Å²) in [5.74, 6) is 1.30. The van der Waals surface area contributed by atoms with E-state index in [1.54, 1.807) is 38.4 Å². The molecule has 2 rings (SSSR count). The van der Waals surface area contributed by atoms with E-state index in [-0.39, 0.29) is 36.7 Å². The van der Waals surface area contributed by atoms with Crippen LogP contribution in [0.1, 0.15) is 25.8 Å². The zero-order chi connectivity index (χ0) is 18.6. The molecule has 7 nitrogen and oxygen atoms in total. The molecule has 1 heterocycles. The Bertz CT molecular complexity index is 645. The minimum Gasteiger partial charge on any atom is -0.496 e. The maximum absolute atomic E-state index is 12.4. The molecule has 0 spiro atoms. The molecule has 0 saturated carbocycles. The van der Waals surface area contributed by atoms with Crippen LogP contribution in [0.4, 0.5) is 0 Å². The topological polar surface area (TPSA) is 77.1 Å². The fourth-order valence-electron chi connectivity index (χ4n) is 2.96. The molecule has 1 aliphatic rings. The van der Waals surface area contributed by atoms with Gasteiger partial charge in [0, 0.05) is 37.2 Å². The second-order valence-corrected chi connectivity index (χ2v) is 6.28. The molecule has 0 aromatic heterocycles. The number of amides is 2. The van der Waals surface area contributed by atoms with E-state index in [0.717, 1.165) is 5.56 Å². The SMILES string of the molecule is COc1cc(OC)c(OC)cc1CNC(=O)[C@@H]1CC(=O)N(C(C)C)C1. The van der Waals surface area contributed by atoms with Gasteiger partial charge in [-0.15, -0.1) is 0 Å². The van der Waals surface area contributed by atoms with Crippen molar-refractivity contribution in [3.63, 3.8) is 0 Å². The molecule has 1 aromatic rings. The standard InChI is InChI=1S/C18H26N2O5/c1-11(2)20-10-13(7-17(20)21)18(22)19-9-12-6-15(24-4)16(25-5)8-14(12)23-3/h6,8,11,13H,7,9-10H2,1-5H3,(H,19,22)/t13-/m1/s1. The van der Waals surface area contributed by atoms with E-state index in [0.29, 0.717) is 23.8 Å². The smallest absolute Gasteiger partial charge is 0.225 e. The predicted octanol–water partition coefficient (Wildman–Crippen LogP) is 1.59. The van der Waals surface area contributed by atoms with Crippen LogP contribution in [0, 0.1) is 5.92 Å². The van der Waals surface area contributed by atoms with Crippen LogP contribution in [0.2, 0.25) is 0 Å². The molecule has 1 atom stereocenters. The van der Waals surface area contributed by atoms with Crippen molar-refractivity contribution in [3.05, 3.63) is 17.7 Å². The van der Waals surface area contributed by atoms with Crippen LogP contribution in [0.15, 0.2) is 12.1 Å². The molecule has 1 N–H and O–H groups in total. The lowest BCUT2D eigenvalue weighted by Crippen LogP contribution is -2.35. The zero-order valence-corrected chi connectivity index (χ0v) is 15.4. The van der Waals surface area contributed by atoms with Crippen molar-refractivity contribution in [2.75, 3.05) is 27.9 Å². The first-order valence-corrected chi connectivity index (χ1v) is 8.27. The third-order valence-electron chi connectivity index (χ3n) is 4.39. The van der Waals surface area contributed by atoms with Crippen LogP contribution in [-0.2, 0) is 16.1 Å². The molecule has 1 fully saturated rings. The molecule has 0 radical (unpaired) electrons. The lowest BCUT2D eigenvalue weighted by molar-refractivity contribution is -0.130. The summed E-state index contributed by atoms with van der Waals surface area (Å²) in [6.07, 6.45) is 0.257. The number of ether oxygens (including phenoxy) is 3. The second kappa shape index (κ2) is 8.09. The van der Waals surface area contributed by atoms with Crippen molar-refractivity contribution in [1.82, 2.24) is 10.2 Å². The van der Waals surface area contributed by atoms with Crippen LogP contribution in [0.3, 0.4) is 0 Å². The third kappa shape index (κ3) is 4.15. The largest absolute Gasteiger partial charge is 0.496 e. The number of hydrogen-bond donors (Lipinski definition) is 1. The van der Waals surface area contributed by atoms with Crippen LogP contribution in [-0.4, -0.2) is 50.6 Å². The fourth-order valence-corrected chi connectivity index (χ4v) is 2.96. The van der Waals surface area contributed by atoms with Gasteiger partial charge in [-0.1, -0.05) is 0 Å². The Balaban J connectivity index is 2.06. The highest BCUT2D eigenvalue weighted by atomic mass is 16.5.